The predicted octanol–water partition coefficient (Wildman–Crippen LogP) is 0.990. The number of amides is 2. The molecule has 5 nitrogen and oxygen atoms in total. The second-order valence-electron chi connectivity index (χ2n) is 3.77. The minimum Gasteiger partial charge on any atom is -0.496 e. The van der Waals surface area contributed by atoms with Crippen molar-refractivity contribution >= 4 is 11.8 Å². The van der Waals surface area contributed by atoms with Crippen LogP contribution in [0.5, 0.6) is 5.75 Å². The van der Waals surface area contributed by atoms with Crippen molar-refractivity contribution in [1.29, 1.82) is 0 Å². The first-order valence-corrected chi connectivity index (χ1v) is 5.58. The number of hydrogen-bond acceptors (Lipinski definition) is 3. The van der Waals surface area contributed by atoms with Crippen molar-refractivity contribution in [3.05, 3.63) is 29.8 Å². The molecule has 0 aromatic heterocycles. The van der Waals surface area contributed by atoms with Crippen LogP contribution in [-0.2, 0) is 16.1 Å². The summed E-state index contributed by atoms with van der Waals surface area (Å²) < 4.78 is 40.7. The van der Waals surface area contributed by atoms with Gasteiger partial charge in [-0.3, -0.25) is 9.59 Å². The second kappa shape index (κ2) is 6.78. The number of carbonyl (C=O) groups excluding carboxylic acids is 2. The molecular weight excluding hydrogens is 277 g/mol. The lowest BCUT2D eigenvalue weighted by Crippen LogP contribution is -2.42. The predicted molar refractivity (Wildman–Crippen MR) is 63.9 cm³/mol. The molecule has 0 unspecified atom stereocenters. The van der Waals surface area contributed by atoms with Crippen LogP contribution in [0.1, 0.15) is 5.56 Å². The van der Waals surface area contributed by atoms with Crippen molar-refractivity contribution in [3.63, 3.8) is 0 Å². The van der Waals surface area contributed by atoms with E-state index in [0.29, 0.717) is 11.3 Å². The number of carbonyl (C=O) groups is 2. The first-order valence-electron chi connectivity index (χ1n) is 5.58. The van der Waals surface area contributed by atoms with E-state index in [2.05, 4.69) is 5.32 Å². The first-order chi connectivity index (χ1) is 9.34. The second-order valence-corrected chi connectivity index (χ2v) is 3.77. The SMILES string of the molecule is COc1ccccc1CNC(=O)CNC(=O)C(F)(F)F. The normalized spacial score (nSPS) is 10.8. The molecule has 0 bridgehead atoms. The summed E-state index contributed by atoms with van der Waals surface area (Å²) in [5.74, 6) is -2.33. The molecule has 1 rings (SSSR count). The molecule has 2 amide bonds. The monoisotopic (exact) mass is 290 g/mol. The Morgan fingerprint density at radius 1 is 1.20 bits per heavy atom. The van der Waals surface area contributed by atoms with Gasteiger partial charge in [0.2, 0.25) is 5.91 Å². The Hall–Kier alpha value is -2.25. The van der Waals surface area contributed by atoms with Crippen molar-refractivity contribution in [2.45, 2.75) is 12.7 Å². The highest BCUT2D eigenvalue weighted by atomic mass is 19.4. The molecule has 0 heterocycles. The Bertz CT molecular complexity index is 489. The lowest BCUT2D eigenvalue weighted by atomic mass is 10.2. The maximum absolute atomic E-state index is 11.9. The number of halogens is 3. The van der Waals surface area contributed by atoms with E-state index in [4.69, 9.17) is 4.74 Å². The summed E-state index contributed by atoms with van der Waals surface area (Å²) in [6, 6.07) is 6.86. The minimum absolute atomic E-state index is 0.0880. The number of para-hydroxylation sites is 1. The topological polar surface area (TPSA) is 67.4 Å². The van der Waals surface area contributed by atoms with Gasteiger partial charge in [0, 0.05) is 12.1 Å². The van der Waals surface area contributed by atoms with Crippen LogP contribution in [-0.4, -0.2) is 31.6 Å². The molecule has 0 fully saturated rings. The van der Waals surface area contributed by atoms with Gasteiger partial charge >= 0.3 is 12.1 Å². The Morgan fingerprint density at radius 3 is 2.45 bits per heavy atom. The zero-order valence-corrected chi connectivity index (χ0v) is 10.6. The average molecular weight is 290 g/mol. The number of benzene rings is 1. The number of rotatable bonds is 5. The van der Waals surface area contributed by atoms with E-state index >= 15 is 0 Å². The first kappa shape index (κ1) is 15.8. The smallest absolute Gasteiger partial charge is 0.471 e. The summed E-state index contributed by atoms with van der Waals surface area (Å²) in [6.45, 7) is -0.655. The van der Waals surface area contributed by atoms with Crippen LogP contribution in [0.3, 0.4) is 0 Å². The van der Waals surface area contributed by atoms with Crippen molar-refractivity contribution in [2.24, 2.45) is 0 Å². The minimum atomic E-state index is -5.00. The van der Waals surface area contributed by atoms with Crippen molar-refractivity contribution < 1.29 is 27.5 Å². The molecule has 0 atom stereocenters. The van der Waals surface area contributed by atoms with Gasteiger partial charge in [-0.25, -0.2) is 0 Å². The number of alkyl halides is 3. The Kier molecular flexibility index (Phi) is 5.36. The number of nitrogens with one attached hydrogen (secondary N) is 2. The molecule has 0 spiro atoms. The van der Waals surface area contributed by atoms with Gasteiger partial charge in [0.25, 0.3) is 0 Å². The lowest BCUT2D eigenvalue weighted by molar-refractivity contribution is -0.173. The van der Waals surface area contributed by atoms with E-state index in [1.165, 1.54) is 12.4 Å². The van der Waals surface area contributed by atoms with Crippen molar-refractivity contribution in [2.75, 3.05) is 13.7 Å². The highest BCUT2D eigenvalue weighted by Crippen LogP contribution is 2.16. The summed E-state index contributed by atoms with van der Waals surface area (Å²) in [5.41, 5.74) is 0.672. The third-order valence-corrected chi connectivity index (χ3v) is 2.34. The summed E-state index contributed by atoms with van der Waals surface area (Å²) in [7, 11) is 1.46. The summed E-state index contributed by atoms with van der Waals surface area (Å²) in [5, 5.41) is 3.86. The quantitative estimate of drug-likeness (QED) is 0.850. The molecule has 8 heteroatoms. The molecule has 0 aliphatic rings. The van der Waals surface area contributed by atoms with Gasteiger partial charge in [-0.1, -0.05) is 18.2 Å². The van der Waals surface area contributed by atoms with Crippen LogP contribution in [0, 0.1) is 0 Å². The van der Waals surface area contributed by atoms with E-state index in [0.717, 1.165) is 0 Å². The largest absolute Gasteiger partial charge is 0.496 e. The van der Waals surface area contributed by atoms with Gasteiger partial charge < -0.3 is 15.4 Å². The van der Waals surface area contributed by atoms with E-state index in [1.54, 1.807) is 24.3 Å². The van der Waals surface area contributed by atoms with E-state index in [1.807, 2.05) is 0 Å². The lowest BCUT2D eigenvalue weighted by Gasteiger charge is -2.10. The molecular formula is C12H13F3N2O3. The zero-order valence-electron chi connectivity index (χ0n) is 10.6. The molecule has 0 radical (unpaired) electrons. The molecule has 2 N–H and O–H groups in total. The van der Waals surface area contributed by atoms with Gasteiger partial charge in [-0.15, -0.1) is 0 Å². The van der Waals surface area contributed by atoms with Gasteiger partial charge in [0.05, 0.1) is 13.7 Å². The molecule has 1 aromatic rings. The van der Waals surface area contributed by atoms with Gasteiger partial charge in [-0.2, -0.15) is 13.2 Å². The molecule has 1 aromatic carbocycles. The highest BCUT2D eigenvalue weighted by molar-refractivity contribution is 5.87. The Balaban J connectivity index is 2.42. The Morgan fingerprint density at radius 2 is 1.85 bits per heavy atom. The maximum atomic E-state index is 11.9. The fourth-order valence-electron chi connectivity index (χ4n) is 1.37. The zero-order chi connectivity index (χ0) is 15.2. The van der Waals surface area contributed by atoms with Crippen LogP contribution in [0.25, 0.3) is 0 Å². The van der Waals surface area contributed by atoms with Crippen molar-refractivity contribution in [1.82, 2.24) is 10.6 Å². The third-order valence-electron chi connectivity index (χ3n) is 2.34. The summed E-state index contributed by atoms with van der Waals surface area (Å²) >= 11 is 0. The van der Waals surface area contributed by atoms with Gasteiger partial charge in [0.1, 0.15) is 5.75 Å². The maximum Gasteiger partial charge on any atom is 0.471 e. The van der Waals surface area contributed by atoms with Crippen LogP contribution in [0.4, 0.5) is 13.2 Å². The van der Waals surface area contributed by atoms with Crippen LogP contribution in [0.2, 0.25) is 0 Å². The number of ether oxygens (including phenoxy) is 1. The molecule has 110 valence electrons. The fourth-order valence-corrected chi connectivity index (χ4v) is 1.37. The van der Waals surface area contributed by atoms with Gasteiger partial charge in [-0.05, 0) is 6.07 Å². The molecule has 0 aliphatic heterocycles. The Labute approximate surface area is 113 Å². The molecule has 20 heavy (non-hydrogen) atoms. The number of methoxy groups -OCH3 is 1. The average Bonchev–Trinajstić information content (AvgIpc) is 2.41. The summed E-state index contributed by atoms with van der Waals surface area (Å²) in [6.07, 6.45) is -5.00. The standard InChI is InChI=1S/C12H13F3N2O3/c1-20-9-5-3-2-4-8(9)6-16-10(18)7-17-11(19)12(13,14)15/h2-5H,6-7H2,1H3,(H,16,18)(H,17,19). The molecule has 0 saturated heterocycles. The summed E-state index contributed by atoms with van der Waals surface area (Å²) in [4.78, 5) is 21.8. The fraction of sp³-hybridized carbons (Fsp3) is 0.333. The van der Waals surface area contributed by atoms with Crippen LogP contribution < -0.4 is 15.4 Å². The van der Waals surface area contributed by atoms with Crippen LogP contribution >= 0.6 is 0 Å². The molecule has 0 aliphatic carbocycles. The highest BCUT2D eigenvalue weighted by Gasteiger charge is 2.38. The third kappa shape index (κ3) is 4.79. The molecule has 0 saturated carbocycles. The van der Waals surface area contributed by atoms with Crippen LogP contribution in [0.15, 0.2) is 24.3 Å². The number of hydrogen-bond donors (Lipinski definition) is 2. The van der Waals surface area contributed by atoms with Crippen molar-refractivity contribution in [3.8, 4) is 5.75 Å². The van der Waals surface area contributed by atoms with Gasteiger partial charge in [0.15, 0.2) is 0 Å². The van der Waals surface area contributed by atoms with E-state index in [9.17, 15) is 22.8 Å². The van der Waals surface area contributed by atoms with E-state index in [-0.39, 0.29) is 6.54 Å². The van der Waals surface area contributed by atoms with E-state index < -0.39 is 24.5 Å².